The van der Waals surface area contributed by atoms with Gasteiger partial charge in [0.15, 0.2) is 0 Å². The predicted molar refractivity (Wildman–Crippen MR) is 49.8 cm³/mol. The lowest BCUT2D eigenvalue weighted by Gasteiger charge is -2.35. The monoisotopic (exact) mass is 244 g/mol. The summed E-state index contributed by atoms with van der Waals surface area (Å²) in [6.07, 6.45) is -3.36. The second-order valence-corrected chi connectivity index (χ2v) is 3.75. The van der Waals surface area contributed by atoms with Gasteiger partial charge in [0.1, 0.15) is 0 Å². The van der Waals surface area contributed by atoms with Crippen molar-refractivity contribution in [2.45, 2.75) is 31.1 Å². The standard InChI is InChI=1S/C8H11F3N2O.ClH/c9-8(10,11)7(14)13-5-1-2-6(13)4-12-3-5;/h5-6,12H,1-4H2;1H. The summed E-state index contributed by atoms with van der Waals surface area (Å²) in [6, 6.07) is -0.522. The zero-order valence-corrected chi connectivity index (χ0v) is 8.70. The topological polar surface area (TPSA) is 32.3 Å². The van der Waals surface area contributed by atoms with Gasteiger partial charge in [-0.2, -0.15) is 13.2 Å². The summed E-state index contributed by atoms with van der Waals surface area (Å²) in [6.45, 7) is 0.969. The average Bonchev–Trinajstić information content (AvgIpc) is 2.32. The zero-order chi connectivity index (χ0) is 10.3. The summed E-state index contributed by atoms with van der Waals surface area (Å²) in [5.74, 6) is -1.67. The van der Waals surface area contributed by atoms with E-state index in [4.69, 9.17) is 0 Å². The zero-order valence-electron chi connectivity index (χ0n) is 7.88. The Morgan fingerprint density at radius 2 is 1.67 bits per heavy atom. The molecule has 15 heavy (non-hydrogen) atoms. The van der Waals surface area contributed by atoms with E-state index in [-0.39, 0.29) is 24.5 Å². The summed E-state index contributed by atoms with van der Waals surface area (Å²) < 4.78 is 36.6. The minimum atomic E-state index is -4.72. The van der Waals surface area contributed by atoms with Crippen molar-refractivity contribution < 1.29 is 18.0 Å². The fourth-order valence-electron chi connectivity index (χ4n) is 2.26. The third-order valence-corrected chi connectivity index (χ3v) is 2.86. The number of nitrogens with one attached hydrogen (secondary N) is 1. The van der Waals surface area contributed by atoms with Gasteiger partial charge in [0.2, 0.25) is 0 Å². The van der Waals surface area contributed by atoms with E-state index in [1.165, 1.54) is 0 Å². The number of carbonyl (C=O) groups excluding carboxylic acids is 1. The third-order valence-electron chi connectivity index (χ3n) is 2.86. The molecule has 2 atom stereocenters. The molecule has 0 radical (unpaired) electrons. The molecule has 3 nitrogen and oxygen atoms in total. The molecule has 0 aromatic rings. The summed E-state index contributed by atoms with van der Waals surface area (Å²) in [5.41, 5.74) is 0. The van der Waals surface area contributed by atoms with E-state index < -0.39 is 12.1 Å². The van der Waals surface area contributed by atoms with Crippen LogP contribution in [0.15, 0.2) is 0 Å². The molecule has 2 fully saturated rings. The highest BCUT2D eigenvalue weighted by Gasteiger charge is 2.50. The summed E-state index contributed by atoms with van der Waals surface area (Å²) in [5, 5.41) is 3.02. The van der Waals surface area contributed by atoms with Gasteiger partial charge in [0, 0.05) is 25.2 Å². The van der Waals surface area contributed by atoms with Gasteiger partial charge in [-0.15, -0.1) is 12.4 Å². The Morgan fingerprint density at radius 3 is 2.07 bits per heavy atom. The van der Waals surface area contributed by atoms with Crippen LogP contribution in [0.3, 0.4) is 0 Å². The van der Waals surface area contributed by atoms with Crippen LogP contribution in [0.25, 0.3) is 0 Å². The van der Waals surface area contributed by atoms with E-state index in [9.17, 15) is 18.0 Å². The third kappa shape index (κ3) is 2.20. The van der Waals surface area contributed by atoms with Crippen molar-refractivity contribution in [3.8, 4) is 0 Å². The molecule has 0 spiro atoms. The molecule has 2 aliphatic rings. The van der Waals surface area contributed by atoms with E-state index >= 15 is 0 Å². The van der Waals surface area contributed by atoms with E-state index in [0.29, 0.717) is 25.9 Å². The van der Waals surface area contributed by atoms with Crippen molar-refractivity contribution in [3.63, 3.8) is 0 Å². The molecule has 2 aliphatic heterocycles. The molecule has 2 saturated heterocycles. The van der Waals surface area contributed by atoms with Crippen LogP contribution >= 0.6 is 12.4 Å². The maximum Gasteiger partial charge on any atom is 0.471 e. The molecule has 0 aromatic carbocycles. The number of piperazine rings is 1. The van der Waals surface area contributed by atoms with Crippen LogP contribution in [0.1, 0.15) is 12.8 Å². The Bertz CT molecular complexity index is 243. The molecule has 0 aliphatic carbocycles. The molecule has 1 amide bonds. The summed E-state index contributed by atoms with van der Waals surface area (Å²) in [7, 11) is 0. The Hall–Kier alpha value is -0.490. The van der Waals surface area contributed by atoms with Crippen LogP contribution in [0.5, 0.6) is 0 Å². The van der Waals surface area contributed by atoms with Gasteiger partial charge in [-0.3, -0.25) is 4.79 Å². The van der Waals surface area contributed by atoms with E-state index in [1.807, 2.05) is 0 Å². The van der Waals surface area contributed by atoms with Crippen molar-refractivity contribution in [2.75, 3.05) is 13.1 Å². The fraction of sp³-hybridized carbons (Fsp3) is 0.875. The maximum atomic E-state index is 12.2. The lowest BCUT2D eigenvalue weighted by molar-refractivity contribution is -0.189. The van der Waals surface area contributed by atoms with Crippen molar-refractivity contribution in [2.24, 2.45) is 0 Å². The number of nitrogens with zero attached hydrogens (tertiary/aromatic N) is 1. The van der Waals surface area contributed by atoms with E-state index in [2.05, 4.69) is 5.32 Å². The molecule has 2 bridgehead atoms. The van der Waals surface area contributed by atoms with Gasteiger partial charge >= 0.3 is 12.1 Å². The van der Waals surface area contributed by atoms with Crippen molar-refractivity contribution in [1.82, 2.24) is 10.2 Å². The second-order valence-electron chi connectivity index (χ2n) is 3.75. The maximum absolute atomic E-state index is 12.2. The number of rotatable bonds is 0. The Labute approximate surface area is 91.4 Å². The predicted octanol–water partition coefficient (Wildman–Crippen LogP) is 0.933. The normalized spacial score (nSPS) is 29.9. The minimum Gasteiger partial charge on any atom is -0.326 e. The number of carbonyl (C=O) groups is 1. The first-order valence-corrected chi connectivity index (χ1v) is 4.60. The van der Waals surface area contributed by atoms with Crippen molar-refractivity contribution in [1.29, 1.82) is 0 Å². The molecule has 2 heterocycles. The smallest absolute Gasteiger partial charge is 0.326 e. The van der Waals surface area contributed by atoms with Crippen LogP contribution in [0.2, 0.25) is 0 Å². The average molecular weight is 245 g/mol. The van der Waals surface area contributed by atoms with Crippen LogP contribution in [-0.4, -0.2) is 42.2 Å². The molecular weight excluding hydrogens is 233 g/mol. The molecular formula is C8H12ClF3N2O. The number of halogens is 4. The van der Waals surface area contributed by atoms with E-state index in [1.54, 1.807) is 0 Å². The van der Waals surface area contributed by atoms with Crippen LogP contribution in [0, 0.1) is 0 Å². The highest BCUT2D eigenvalue weighted by Crippen LogP contribution is 2.31. The van der Waals surface area contributed by atoms with Crippen molar-refractivity contribution in [3.05, 3.63) is 0 Å². The van der Waals surface area contributed by atoms with Gasteiger partial charge in [0.25, 0.3) is 0 Å². The number of alkyl halides is 3. The SMILES string of the molecule is Cl.O=C(N1C2CCC1CNC2)C(F)(F)F. The van der Waals surface area contributed by atoms with Gasteiger partial charge in [-0.25, -0.2) is 0 Å². The number of amides is 1. The van der Waals surface area contributed by atoms with E-state index in [0.717, 1.165) is 4.90 Å². The van der Waals surface area contributed by atoms with Crippen LogP contribution in [0.4, 0.5) is 13.2 Å². The van der Waals surface area contributed by atoms with Crippen molar-refractivity contribution >= 4 is 18.3 Å². The van der Waals surface area contributed by atoms with Gasteiger partial charge in [0.05, 0.1) is 0 Å². The van der Waals surface area contributed by atoms with Crippen LogP contribution in [-0.2, 0) is 4.79 Å². The number of fused-ring (bicyclic) bond motifs is 2. The Balaban J connectivity index is 0.00000112. The highest BCUT2D eigenvalue weighted by molar-refractivity contribution is 5.85. The largest absolute Gasteiger partial charge is 0.471 e. The summed E-state index contributed by atoms with van der Waals surface area (Å²) >= 11 is 0. The summed E-state index contributed by atoms with van der Waals surface area (Å²) in [4.78, 5) is 12.1. The molecule has 2 unspecified atom stereocenters. The van der Waals surface area contributed by atoms with Gasteiger partial charge in [-0.1, -0.05) is 0 Å². The quantitative estimate of drug-likeness (QED) is 0.688. The first-order valence-electron chi connectivity index (χ1n) is 4.60. The second kappa shape index (κ2) is 4.17. The first kappa shape index (κ1) is 12.6. The Morgan fingerprint density at radius 1 is 1.20 bits per heavy atom. The van der Waals surface area contributed by atoms with Gasteiger partial charge in [-0.05, 0) is 12.8 Å². The number of hydrogen-bond acceptors (Lipinski definition) is 2. The van der Waals surface area contributed by atoms with Crippen LogP contribution < -0.4 is 5.32 Å². The lowest BCUT2D eigenvalue weighted by Crippen LogP contribution is -2.57. The molecule has 1 N–H and O–H groups in total. The van der Waals surface area contributed by atoms with Gasteiger partial charge < -0.3 is 10.2 Å². The number of hydrogen-bond donors (Lipinski definition) is 1. The first-order chi connectivity index (χ1) is 6.50. The molecule has 0 aromatic heterocycles. The Kier molecular flexibility index (Phi) is 3.50. The minimum absolute atomic E-state index is 0. The molecule has 88 valence electrons. The highest BCUT2D eigenvalue weighted by atomic mass is 35.5. The molecule has 7 heteroatoms. The molecule has 2 rings (SSSR count). The molecule has 0 saturated carbocycles. The fourth-order valence-corrected chi connectivity index (χ4v) is 2.26. The lowest BCUT2D eigenvalue weighted by atomic mass is 10.2.